The molecule has 1 rings (SSSR count). The number of nitrogens with zero attached hydrogens (tertiary/aromatic N) is 1. The summed E-state index contributed by atoms with van der Waals surface area (Å²) < 4.78 is 0. The number of likely N-dealkylation sites (N-methyl/N-ethyl adjacent to an activating group) is 1. The van der Waals surface area contributed by atoms with Gasteiger partial charge in [-0.15, -0.1) is 0 Å². The summed E-state index contributed by atoms with van der Waals surface area (Å²) in [6, 6.07) is 4.15. The van der Waals surface area contributed by atoms with Crippen LogP contribution in [0.4, 0.5) is 11.4 Å². The van der Waals surface area contributed by atoms with Crippen molar-refractivity contribution in [2.24, 2.45) is 0 Å². The average Bonchev–Trinajstić information content (AvgIpc) is 2.12. The molecule has 0 aliphatic heterocycles. The van der Waals surface area contributed by atoms with Crippen LogP contribution >= 0.6 is 11.6 Å². The molecule has 0 aliphatic carbocycles. The van der Waals surface area contributed by atoms with Crippen molar-refractivity contribution < 1.29 is 0 Å². The van der Waals surface area contributed by atoms with E-state index in [2.05, 4.69) is 31.2 Å². The zero-order valence-electron chi connectivity index (χ0n) is 10.3. The minimum atomic E-state index is 0.369. The number of aryl methyl sites for hydroxylation is 1. The van der Waals surface area contributed by atoms with E-state index in [1.54, 1.807) is 0 Å². The van der Waals surface area contributed by atoms with E-state index in [-0.39, 0.29) is 0 Å². The number of halogens is 1. The Morgan fingerprint density at radius 1 is 1.44 bits per heavy atom. The number of nitrogens with two attached hydrogens (primary N) is 1. The Hall–Kier alpha value is -0.930. The van der Waals surface area contributed by atoms with Gasteiger partial charge in [-0.1, -0.05) is 11.6 Å². The molecule has 0 amide bonds. The van der Waals surface area contributed by atoms with Gasteiger partial charge in [-0.25, -0.2) is 0 Å². The highest BCUT2D eigenvalue weighted by Gasteiger charge is 2.07. The van der Waals surface area contributed by atoms with Crippen molar-refractivity contribution in [3.8, 4) is 0 Å². The predicted molar refractivity (Wildman–Crippen MR) is 72.2 cm³/mol. The predicted octanol–water partition coefficient (Wildman–Crippen LogP) is 2.59. The van der Waals surface area contributed by atoms with Gasteiger partial charge < -0.3 is 16.0 Å². The second-order valence-electron chi connectivity index (χ2n) is 4.50. The van der Waals surface area contributed by atoms with E-state index in [9.17, 15) is 0 Å². The van der Waals surface area contributed by atoms with Gasteiger partial charge in [0.2, 0.25) is 0 Å². The highest BCUT2D eigenvalue weighted by Crippen LogP contribution is 2.27. The Bertz CT molecular complexity index is 364. The Labute approximate surface area is 103 Å². The molecule has 90 valence electrons. The van der Waals surface area contributed by atoms with Crippen LogP contribution in [-0.2, 0) is 0 Å². The average molecular weight is 242 g/mol. The van der Waals surface area contributed by atoms with Crippen molar-refractivity contribution in [3.05, 3.63) is 22.7 Å². The maximum atomic E-state index is 6.00. The van der Waals surface area contributed by atoms with Gasteiger partial charge in [0.25, 0.3) is 0 Å². The van der Waals surface area contributed by atoms with Crippen molar-refractivity contribution in [1.29, 1.82) is 0 Å². The lowest BCUT2D eigenvalue weighted by Crippen LogP contribution is -2.29. The lowest BCUT2D eigenvalue weighted by Gasteiger charge is -2.21. The number of nitrogens with one attached hydrogen (secondary N) is 1. The summed E-state index contributed by atoms with van der Waals surface area (Å²) in [6.07, 6.45) is 0. The van der Waals surface area contributed by atoms with Gasteiger partial charge in [0.15, 0.2) is 0 Å². The third-order valence-corrected chi connectivity index (χ3v) is 2.71. The van der Waals surface area contributed by atoms with Crippen LogP contribution in [0.1, 0.15) is 12.5 Å². The van der Waals surface area contributed by atoms with Gasteiger partial charge in [0.05, 0.1) is 10.7 Å². The largest absolute Gasteiger partial charge is 0.398 e. The molecular weight excluding hydrogens is 222 g/mol. The smallest absolute Gasteiger partial charge is 0.0656 e. The van der Waals surface area contributed by atoms with Crippen LogP contribution in [0.3, 0.4) is 0 Å². The van der Waals surface area contributed by atoms with Gasteiger partial charge in [-0.3, -0.25) is 0 Å². The van der Waals surface area contributed by atoms with Crippen LogP contribution in [0.5, 0.6) is 0 Å². The molecule has 0 aromatic heterocycles. The Kier molecular flexibility index (Phi) is 4.44. The van der Waals surface area contributed by atoms with E-state index in [0.29, 0.717) is 16.8 Å². The molecule has 4 heteroatoms. The Balaban J connectivity index is 2.77. The number of benzene rings is 1. The molecule has 1 unspecified atom stereocenters. The first-order valence-corrected chi connectivity index (χ1v) is 5.75. The van der Waals surface area contributed by atoms with Gasteiger partial charge in [0, 0.05) is 18.3 Å². The SMILES string of the molecule is Cc1cc(N)c(Cl)cc1NC(C)CN(C)C. The summed E-state index contributed by atoms with van der Waals surface area (Å²) >= 11 is 6.00. The number of hydrogen-bond donors (Lipinski definition) is 2. The molecule has 1 atom stereocenters. The van der Waals surface area contributed by atoms with Gasteiger partial charge in [0.1, 0.15) is 0 Å². The number of nitrogen functional groups attached to an aromatic ring is 1. The minimum Gasteiger partial charge on any atom is -0.398 e. The summed E-state index contributed by atoms with van der Waals surface area (Å²) in [4.78, 5) is 2.14. The fraction of sp³-hybridized carbons (Fsp3) is 0.500. The van der Waals surface area contributed by atoms with E-state index in [1.165, 1.54) is 0 Å². The molecule has 1 aromatic carbocycles. The van der Waals surface area contributed by atoms with Crippen LogP contribution in [0.2, 0.25) is 5.02 Å². The number of rotatable bonds is 4. The summed E-state index contributed by atoms with van der Waals surface area (Å²) in [6.45, 7) is 5.14. The van der Waals surface area contributed by atoms with E-state index in [4.69, 9.17) is 17.3 Å². The van der Waals surface area contributed by atoms with E-state index >= 15 is 0 Å². The lowest BCUT2D eigenvalue weighted by atomic mass is 10.1. The highest BCUT2D eigenvalue weighted by atomic mass is 35.5. The van der Waals surface area contributed by atoms with Crippen molar-refractivity contribution >= 4 is 23.0 Å². The Morgan fingerprint density at radius 2 is 2.06 bits per heavy atom. The van der Waals surface area contributed by atoms with Crippen molar-refractivity contribution in [2.75, 3.05) is 31.7 Å². The van der Waals surface area contributed by atoms with Gasteiger partial charge >= 0.3 is 0 Å². The zero-order chi connectivity index (χ0) is 12.3. The second kappa shape index (κ2) is 5.41. The lowest BCUT2D eigenvalue weighted by molar-refractivity contribution is 0.392. The molecule has 0 fully saturated rings. The third kappa shape index (κ3) is 3.58. The third-order valence-electron chi connectivity index (χ3n) is 2.38. The van der Waals surface area contributed by atoms with Gasteiger partial charge in [-0.05, 0) is 45.6 Å². The molecule has 0 radical (unpaired) electrons. The molecule has 0 bridgehead atoms. The van der Waals surface area contributed by atoms with Crippen molar-refractivity contribution in [3.63, 3.8) is 0 Å². The van der Waals surface area contributed by atoms with Crippen LogP contribution in [-0.4, -0.2) is 31.6 Å². The molecule has 0 aliphatic rings. The summed E-state index contributed by atoms with van der Waals surface area (Å²) in [5.74, 6) is 0. The maximum Gasteiger partial charge on any atom is 0.0656 e. The molecule has 0 saturated heterocycles. The fourth-order valence-corrected chi connectivity index (χ4v) is 1.88. The van der Waals surface area contributed by atoms with E-state index in [1.807, 2.05) is 19.1 Å². The maximum absolute atomic E-state index is 6.00. The molecule has 16 heavy (non-hydrogen) atoms. The first-order chi connectivity index (χ1) is 7.40. The number of hydrogen-bond acceptors (Lipinski definition) is 3. The van der Waals surface area contributed by atoms with E-state index in [0.717, 1.165) is 17.8 Å². The highest BCUT2D eigenvalue weighted by molar-refractivity contribution is 6.33. The standard InChI is InChI=1S/C12H20ClN3/c1-8-5-11(14)10(13)6-12(8)15-9(2)7-16(3)4/h5-6,9,15H,7,14H2,1-4H3. The van der Waals surface area contributed by atoms with Crippen molar-refractivity contribution in [1.82, 2.24) is 4.90 Å². The summed E-state index contributed by atoms with van der Waals surface area (Å²) in [5.41, 5.74) is 8.53. The molecular formula is C12H20ClN3. The molecule has 0 saturated carbocycles. The van der Waals surface area contributed by atoms with E-state index < -0.39 is 0 Å². The van der Waals surface area contributed by atoms with Gasteiger partial charge in [-0.2, -0.15) is 0 Å². The van der Waals surface area contributed by atoms with Crippen LogP contribution in [0, 0.1) is 6.92 Å². The first kappa shape index (κ1) is 13.1. The summed E-state index contributed by atoms with van der Waals surface area (Å²) in [7, 11) is 4.11. The Morgan fingerprint density at radius 3 is 2.62 bits per heavy atom. The quantitative estimate of drug-likeness (QED) is 0.797. The number of anilines is 2. The summed E-state index contributed by atoms with van der Waals surface area (Å²) in [5, 5.41) is 4.03. The molecule has 1 aromatic rings. The van der Waals surface area contributed by atoms with Crippen LogP contribution in [0.25, 0.3) is 0 Å². The fourth-order valence-electron chi connectivity index (χ4n) is 1.72. The van der Waals surface area contributed by atoms with Crippen LogP contribution < -0.4 is 11.1 Å². The first-order valence-electron chi connectivity index (χ1n) is 5.37. The molecule has 0 heterocycles. The molecule has 0 spiro atoms. The second-order valence-corrected chi connectivity index (χ2v) is 4.90. The molecule has 3 N–H and O–H groups in total. The monoisotopic (exact) mass is 241 g/mol. The topological polar surface area (TPSA) is 41.3 Å². The van der Waals surface area contributed by atoms with Crippen molar-refractivity contribution in [2.45, 2.75) is 19.9 Å². The van der Waals surface area contributed by atoms with Crippen LogP contribution in [0.15, 0.2) is 12.1 Å². The zero-order valence-corrected chi connectivity index (χ0v) is 11.1. The molecule has 3 nitrogen and oxygen atoms in total. The minimum absolute atomic E-state index is 0.369. The normalized spacial score (nSPS) is 12.9.